The van der Waals surface area contributed by atoms with Gasteiger partial charge in [0.25, 0.3) is 0 Å². The van der Waals surface area contributed by atoms with E-state index in [4.69, 9.17) is 14.2 Å². The number of hydrogen-bond acceptors (Lipinski definition) is 5. The summed E-state index contributed by atoms with van der Waals surface area (Å²) in [6.45, 7) is 4.49. The van der Waals surface area contributed by atoms with Crippen molar-refractivity contribution in [1.29, 1.82) is 0 Å². The third-order valence-corrected chi connectivity index (χ3v) is 8.55. The normalized spacial score (nSPS) is 18.5. The summed E-state index contributed by atoms with van der Waals surface area (Å²) in [5.74, 6) is 1.82. The van der Waals surface area contributed by atoms with Crippen molar-refractivity contribution in [1.82, 2.24) is 4.31 Å². The molecule has 2 aromatic rings. The lowest BCUT2D eigenvalue weighted by Crippen LogP contribution is -2.39. The second kappa shape index (κ2) is 9.55. The van der Waals surface area contributed by atoms with Gasteiger partial charge in [-0.25, -0.2) is 8.42 Å². The van der Waals surface area contributed by atoms with Gasteiger partial charge in [0.1, 0.15) is 11.4 Å². The second-order valence-electron chi connectivity index (χ2n) is 9.69. The third-order valence-electron chi connectivity index (χ3n) is 6.66. The molecule has 0 aromatic heterocycles. The molecule has 0 saturated heterocycles. The van der Waals surface area contributed by atoms with E-state index in [9.17, 15) is 8.42 Å². The Morgan fingerprint density at radius 1 is 0.970 bits per heavy atom. The fraction of sp³-hybridized carbons (Fsp3) is 0.538. The topological polar surface area (TPSA) is 65.1 Å². The highest BCUT2D eigenvalue weighted by atomic mass is 32.2. The first kappa shape index (κ1) is 23.9. The van der Waals surface area contributed by atoms with Gasteiger partial charge < -0.3 is 14.2 Å². The summed E-state index contributed by atoms with van der Waals surface area (Å²) in [7, 11) is -0.679. The highest BCUT2D eigenvalue weighted by molar-refractivity contribution is 7.89. The lowest BCUT2D eigenvalue weighted by atomic mass is 10.00. The number of fused-ring (bicyclic) bond motifs is 1. The minimum Gasteiger partial charge on any atom is -0.493 e. The van der Waals surface area contributed by atoms with E-state index < -0.39 is 10.0 Å². The maximum absolute atomic E-state index is 14.0. The molecule has 1 saturated carbocycles. The van der Waals surface area contributed by atoms with Crippen molar-refractivity contribution in [3.05, 3.63) is 47.5 Å². The van der Waals surface area contributed by atoms with E-state index in [1.54, 1.807) is 29.6 Å². The Bertz CT molecular complexity index is 1090. The average molecular weight is 474 g/mol. The molecular formula is C26H35NO5S. The zero-order chi connectivity index (χ0) is 23.6. The first-order valence-electron chi connectivity index (χ1n) is 11.8. The van der Waals surface area contributed by atoms with Crippen molar-refractivity contribution in [2.45, 2.75) is 81.9 Å². The van der Waals surface area contributed by atoms with Crippen LogP contribution in [0.3, 0.4) is 0 Å². The van der Waals surface area contributed by atoms with Gasteiger partial charge in [0.15, 0.2) is 11.5 Å². The molecule has 4 rings (SSSR count). The molecule has 6 nitrogen and oxygen atoms in total. The smallest absolute Gasteiger partial charge is 0.243 e. The molecule has 0 unspecified atom stereocenters. The number of ether oxygens (including phenoxy) is 3. The minimum atomic E-state index is -3.74. The molecule has 33 heavy (non-hydrogen) atoms. The lowest BCUT2D eigenvalue weighted by Gasteiger charge is -2.31. The van der Waals surface area contributed by atoms with E-state index in [1.165, 1.54) is 7.11 Å². The Kier molecular flexibility index (Phi) is 6.91. The van der Waals surface area contributed by atoms with Gasteiger partial charge in [0.2, 0.25) is 10.0 Å². The molecule has 180 valence electrons. The fourth-order valence-corrected chi connectivity index (χ4v) is 6.70. The number of nitrogens with zero attached hydrogens (tertiary/aromatic N) is 1. The van der Waals surface area contributed by atoms with E-state index in [-0.39, 0.29) is 16.5 Å². The molecule has 0 amide bonds. The number of hydrogen-bond donors (Lipinski definition) is 0. The van der Waals surface area contributed by atoms with Gasteiger partial charge in [0.05, 0.1) is 19.1 Å². The molecule has 0 bridgehead atoms. The van der Waals surface area contributed by atoms with Crippen molar-refractivity contribution < 1.29 is 22.6 Å². The highest BCUT2D eigenvalue weighted by Gasteiger charge is 2.34. The Morgan fingerprint density at radius 3 is 2.33 bits per heavy atom. The zero-order valence-electron chi connectivity index (χ0n) is 20.1. The molecule has 1 aliphatic carbocycles. The van der Waals surface area contributed by atoms with E-state index in [2.05, 4.69) is 19.9 Å². The molecule has 1 fully saturated rings. The number of methoxy groups -OCH3 is 2. The van der Waals surface area contributed by atoms with Crippen LogP contribution in [-0.4, -0.2) is 38.6 Å². The SMILES string of the molecule is COc1ccc(S(=O)(=O)N(Cc2ccc3c(c2)CC(C)(C)O3)C2CCCCCC2)cc1OC. The van der Waals surface area contributed by atoms with Crippen LogP contribution in [-0.2, 0) is 23.0 Å². The van der Waals surface area contributed by atoms with Crippen molar-refractivity contribution in [2.24, 2.45) is 0 Å². The Morgan fingerprint density at radius 2 is 1.67 bits per heavy atom. The van der Waals surface area contributed by atoms with Crippen LogP contribution in [0.4, 0.5) is 0 Å². The van der Waals surface area contributed by atoms with Crippen molar-refractivity contribution in [3.63, 3.8) is 0 Å². The predicted molar refractivity (Wildman–Crippen MR) is 129 cm³/mol. The van der Waals surface area contributed by atoms with Crippen molar-refractivity contribution >= 4 is 10.0 Å². The van der Waals surface area contributed by atoms with Gasteiger partial charge in [-0.2, -0.15) is 4.31 Å². The standard InChI is InChI=1S/C26H35NO5S/c1-26(2)17-20-15-19(11-13-23(20)32-26)18-27(21-9-7-5-6-8-10-21)33(28,29)22-12-14-24(30-3)25(16-22)31-4/h11-16,21H,5-10,17-18H2,1-4H3. The Hall–Kier alpha value is -2.25. The van der Waals surface area contributed by atoms with Crippen LogP contribution < -0.4 is 14.2 Å². The fourth-order valence-electron chi connectivity index (χ4n) is 5.01. The Balaban J connectivity index is 1.70. The van der Waals surface area contributed by atoms with Gasteiger partial charge >= 0.3 is 0 Å². The summed E-state index contributed by atoms with van der Waals surface area (Å²) in [6.07, 6.45) is 7.00. The average Bonchev–Trinajstić information content (AvgIpc) is 2.94. The van der Waals surface area contributed by atoms with E-state index in [1.807, 2.05) is 12.1 Å². The predicted octanol–water partition coefficient (Wildman–Crippen LogP) is 5.33. The van der Waals surface area contributed by atoms with Crippen LogP contribution in [0.25, 0.3) is 0 Å². The minimum absolute atomic E-state index is 0.0217. The summed E-state index contributed by atoms with van der Waals surface area (Å²) < 4.78 is 46.3. The summed E-state index contributed by atoms with van der Waals surface area (Å²) in [4.78, 5) is 0.232. The summed E-state index contributed by atoms with van der Waals surface area (Å²) in [5.41, 5.74) is 1.90. The van der Waals surface area contributed by atoms with E-state index >= 15 is 0 Å². The largest absolute Gasteiger partial charge is 0.493 e. The van der Waals surface area contributed by atoms with Crippen LogP contribution in [0.2, 0.25) is 0 Å². The third kappa shape index (κ3) is 5.14. The summed E-state index contributed by atoms with van der Waals surface area (Å²) in [5, 5.41) is 0. The van der Waals surface area contributed by atoms with Gasteiger partial charge in [-0.15, -0.1) is 0 Å². The summed E-state index contributed by atoms with van der Waals surface area (Å²) >= 11 is 0. The van der Waals surface area contributed by atoms with Crippen LogP contribution in [0.15, 0.2) is 41.3 Å². The maximum Gasteiger partial charge on any atom is 0.243 e. The quantitative estimate of drug-likeness (QED) is 0.509. The maximum atomic E-state index is 14.0. The van der Waals surface area contributed by atoms with Crippen molar-refractivity contribution in [2.75, 3.05) is 14.2 Å². The highest BCUT2D eigenvalue weighted by Crippen LogP contribution is 2.37. The van der Waals surface area contributed by atoms with Crippen LogP contribution >= 0.6 is 0 Å². The lowest BCUT2D eigenvalue weighted by molar-refractivity contribution is 0.138. The van der Waals surface area contributed by atoms with E-state index in [0.717, 1.165) is 61.8 Å². The molecule has 2 aliphatic rings. The van der Waals surface area contributed by atoms with Gasteiger partial charge in [-0.05, 0) is 56.0 Å². The monoisotopic (exact) mass is 473 g/mol. The molecule has 0 N–H and O–H groups in total. The van der Waals surface area contributed by atoms with Crippen LogP contribution in [0.5, 0.6) is 17.2 Å². The zero-order valence-corrected chi connectivity index (χ0v) is 20.9. The Labute approximate surface area is 197 Å². The molecule has 0 atom stereocenters. The molecule has 1 aliphatic heterocycles. The molecular weight excluding hydrogens is 438 g/mol. The molecule has 2 aromatic carbocycles. The van der Waals surface area contributed by atoms with Crippen molar-refractivity contribution in [3.8, 4) is 17.2 Å². The van der Waals surface area contributed by atoms with Gasteiger partial charge in [-0.3, -0.25) is 0 Å². The first-order valence-corrected chi connectivity index (χ1v) is 13.2. The van der Waals surface area contributed by atoms with Gasteiger partial charge in [-0.1, -0.05) is 37.8 Å². The number of sulfonamides is 1. The second-order valence-corrected chi connectivity index (χ2v) is 11.6. The van der Waals surface area contributed by atoms with Crippen LogP contribution in [0.1, 0.15) is 63.5 Å². The molecule has 7 heteroatoms. The van der Waals surface area contributed by atoms with Gasteiger partial charge in [0, 0.05) is 25.1 Å². The number of benzene rings is 2. The number of rotatable bonds is 7. The summed E-state index contributed by atoms with van der Waals surface area (Å²) in [6, 6.07) is 10.9. The molecule has 0 spiro atoms. The van der Waals surface area contributed by atoms with E-state index in [0.29, 0.717) is 18.0 Å². The van der Waals surface area contributed by atoms with Crippen LogP contribution in [0, 0.1) is 0 Å². The molecule has 1 heterocycles. The first-order chi connectivity index (χ1) is 15.7. The molecule has 0 radical (unpaired) electrons.